The van der Waals surface area contributed by atoms with Gasteiger partial charge >= 0.3 is 5.97 Å². The van der Waals surface area contributed by atoms with E-state index < -0.39 is 18.2 Å². The van der Waals surface area contributed by atoms with Crippen LogP contribution in [0, 0.1) is 12.8 Å². The smallest absolute Gasteiger partial charge is 0.337 e. The summed E-state index contributed by atoms with van der Waals surface area (Å²) in [6, 6.07) is 20.9. The van der Waals surface area contributed by atoms with Crippen molar-refractivity contribution in [2.45, 2.75) is 32.5 Å². The molecule has 11 heteroatoms. The Labute approximate surface area is 278 Å². The number of hydrogen-bond acceptors (Lipinski definition) is 10. The number of carbonyl (C=O) groups is 2. The van der Waals surface area contributed by atoms with Gasteiger partial charge in [0.05, 0.1) is 49.3 Å². The van der Waals surface area contributed by atoms with E-state index >= 15 is 0 Å². The molecule has 1 aliphatic rings. The molecule has 248 valence electrons. The Morgan fingerprint density at radius 3 is 2.43 bits per heavy atom. The molecule has 0 bridgehead atoms. The topological polar surface area (TPSA) is 125 Å². The Balaban J connectivity index is 1.34. The van der Waals surface area contributed by atoms with Crippen LogP contribution in [0.1, 0.15) is 40.7 Å². The van der Waals surface area contributed by atoms with Gasteiger partial charge in [0.1, 0.15) is 5.01 Å². The summed E-state index contributed by atoms with van der Waals surface area (Å²) in [5.74, 6) is -1.14. The van der Waals surface area contributed by atoms with Crippen LogP contribution in [0.3, 0.4) is 0 Å². The van der Waals surface area contributed by atoms with E-state index in [1.165, 1.54) is 12.7 Å². The first-order valence-corrected chi connectivity index (χ1v) is 16.5. The molecule has 0 saturated heterocycles. The number of aliphatic hydroxyl groups is 1. The maximum absolute atomic E-state index is 13.6. The van der Waals surface area contributed by atoms with Crippen LogP contribution in [-0.4, -0.2) is 75.0 Å². The van der Waals surface area contributed by atoms with E-state index in [1.54, 1.807) is 23.5 Å². The van der Waals surface area contributed by atoms with Gasteiger partial charge in [-0.05, 0) is 86.0 Å². The van der Waals surface area contributed by atoms with Crippen LogP contribution in [-0.2, 0) is 28.5 Å². The van der Waals surface area contributed by atoms with E-state index in [2.05, 4.69) is 24.4 Å². The van der Waals surface area contributed by atoms with Crippen molar-refractivity contribution >= 4 is 39.1 Å². The fourth-order valence-corrected chi connectivity index (χ4v) is 6.50. The Kier molecular flexibility index (Phi) is 12.1. The standard InChI is InChI=1S/C36H40N2O8S/c1-4-45-36-28(15-17-43-19-20-44-18-16-39)29(24-6-8-26(9-7-24)35(41)42-3)22-31(46-36)33(40)37-27-12-10-25(11-13-27)34-38-30-14-5-23(2)21-32(30)47-34/h5-14,21-22,28-29,36,39H,4,15-20H2,1-3H3,(H,37,40)/t28-,29+,36+/m1/s1. The fraction of sp³-hybridized carbons (Fsp3) is 0.361. The number of anilines is 1. The number of nitrogens with zero attached hydrogens (tertiary/aromatic N) is 1. The number of aromatic nitrogens is 1. The molecule has 3 atom stereocenters. The van der Waals surface area contributed by atoms with Crippen LogP contribution in [0.2, 0.25) is 0 Å². The number of carbonyl (C=O) groups excluding carboxylic acids is 2. The van der Waals surface area contributed by atoms with Gasteiger partial charge in [-0.2, -0.15) is 0 Å². The number of aryl methyl sites for hydroxylation is 1. The van der Waals surface area contributed by atoms with Crippen LogP contribution in [0.15, 0.2) is 78.6 Å². The summed E-state index contributed by atoms with van der Waals surface area (Å²) < 4.78 is 29.3. The molecule has 0 unspecified atom stereocenters. The Bertz CT molecular complexity index is 1670. The zero-order valence-corrected chi connectivity index (χ0v) is 27.6. The molecule has 5 rings (SSSR count). The molecule has 0 saturated carbocycles. The Morgan fingerprint density at radius 2 is 1.72 bits per heavy atom. The molecule has 47 heavy (non-hydrogen) atoms. The van der Waals surface area contributed by atoms with E-state index in [0.29, 0.717) is 44.1 Å². The molecular weight excluding hydrogens is 620 g/mol. The number of ether oxygens (including phenoxy) is 5. The summed E-state index contributed by atoms with van der Waals surface area (Å²) >= 11 is 1.63. The van der Waals surface area contributed by atoms with Crippen molar-refractivity contribution in [2.75, 3.05) is 52.1 Å². The number of rotatable bonds is 15. The van der Waals surface area contributed by atoms with E-state index in [-0.39, 0.29) is 30.8 Å². The predicted octanol–water partition coefficient (Wildman–Crippen LogP) is 6.09. The Hall–Kier alpha value is -4.13. The van der Waals surface area contributed by atoms with Gasteiger partial charge in [0, 0.05) is 36.3 Å². The van der Waals surface area contributed by atoms with Gasteiger partial charge < -0.3 is 34.1 Å². The van der Waals surface area contributed by atoms with Gasteiger partial charge in [0.2, 0.25) is 6.29 Å². The molecule has 1 amide bonds. The van der Waals surface area contributed by atoms with Crippen molar-refractivity contribution in [3.05, 3.63) is 95.3 Å². The molecule has 3 aromatic carbocycles. The molecule has 2 N–H and O–H groups in total. The lowest BCUT2D eigenvalue weighted by atomic mass is 9.81. The third-order valence-electron chi connectivity index (χ3n) is 7.79. The number of methoxy groups -OCH3 is 1. The first-order valence-electron chi connectivity index (χ1n) is 15.6. The number of hydrogen-bond donors (Lipinski definition) is 2. The second kappa shape index (κ2) is 16.6. The fourth-order valence-electron chi connectivity index (χ4n) is 5.43. The zero-order valence-electron chi connectivity index (χ0n) is 26.8. The van der Waals surface area contributed by atoms with E-state index in [9.17, 15) is 9.59 Å². The number of amides is 1. The number of benzene rings is 3. The van der Waals surface area contributed by atoms with Crippen LogP contribution < -0.4 is 5.32 Å². The number of nitrogens with one attached hydrogen (secondary N) is 1. The summed E-state index contributed by atoms with van der Waals surface area (Å²) in [6.45, 7) is 5.71. The zero-order chi connectivity index (χ0) is 33.2. The maximum atomic E-state index is 13.6. The van der Waals surface area contributed by atoms with Crippen molar-refractivity contribution in [3.8, 4) is 10.6 Å². The minimum Gasteiger partial charge on any atom is -0.465 e. The molecule has 2 heterocycles. The molecule has 0 radical (unpaired) electrons. The third kappa shape index (κ3) is 8.82. The van der Waals surface area contributed by atoms with E-state index in [1.807, 2.05) is 55.5 Å². The minimum atomic E-state index is -0.713. The third-order valence-corrected chi connectivity index (χ3v) is 8.86. The maximum Gasteiger partial charge on any atom is 0.337 e. The highest BCUT2D eigenvalue weighted by molar-refractivity contribution is 7.21. The number of esters is 1. The number of aliphatic hydroxyl groups excluding tert-OH is 1. The van der Waals surface area contributed by atoms with E-state index in [0.717, 1.165) is 26.4 Å². The van der Waals surface area contributed by atoms with Crippen molar-refractivity contribution in [2.24, 2.45) is 5.92 Å². The number of allylic oxidation sites excluding steroid dienone is 1. The molecule has 0 aliphatic carbocycles. The minimum absolute atomic E-state index is 0.0383. The highest BCUT2D eigenvalue weighted by Crippen LogP contribution is 2.39. The summed E-state index contributed by atoms with van der Waals surface area (Å²) in [6.07, 6.45) is 1.67. The van der Waals surface area contributed by atoms with Crippen molar-refractivity contribution in [1.82, 2.24) is 4.98 Å². The lowest BCUT2D eigenvalue weighted by Crippen LogP contribution is -2.38. The van der Waals surface area contributed by atoms with Gasteiger partial charge in [-0.3, -0.25) is 4.79 Å². The van der Waals surface area contributed by atoms with Gasteiger partial charge in [0.15, 0.2) is 5.76 Å². The largest absolute Gasteiger partial charge is 0.465 e. The first kappa shape index (κ1) is 34.2. The molecular formula is C36H40N2O8S. The molecule has 0 spiro atoms. The summed E-state index contributed by atoms with van der Waals surface area (Å²) in [7, 11) is 1.34. The quantitative estimate of drug-likeness (QED) is 0.115. The Morgan fingerprint density at radius 1 is 0.979 bits per heavy atom. The van der Waals surface area contributed by atoms with Crippen LogP contribution >= 0.6 is 11.3 Å². The normalized spacial score (nSPS) is 17.6. The van der Waals surface area contributed by atoms with Gasteiger partial charge in [0.25, 0.3) is 5.91 Å². The second-order valence-electron chi connectivity index (χ2n) is 11.0. The number of fused-ring (bicyclic) bond motifs is 1. The summed E-state index contributed by atoms with van der Waals surface area (Å²) in [4.78, 5) is 30.4. The average Bonchev–Trinajstić information content (AvgIpc) is 3.51. The van der Waals surface area contributed by atoms with Gasteiger partial charge in [-0.25, -0.2) is 9.78 Å². The molecule has 0 fully saturated rings. The molecule has 1 aromatic heterocycles. The highest BCUT2D eigenvalue weighted by Gasteiger charge is 2.38. The van der Waals surface area contributed by atoms with Crippen molar-refractivity contribution < 1.29 is 38.4 Å². The summed E-state index contributed by atoms with van der Waals surface area (Å²) in [5.41, 5.74) is 5.06. The van der Waals surface area contributed by atoms with E-state index in [4.69, 9.17) is 33.8 Å². The van der Waals surface area contributed by atoms with Gasteiger partial charge in [-0.15, -0.1) is 11.3 Å². The lowest BCUT2D eigenvalue weighted by Gasteiger charge is -2.37. The van der Waals surface area contributed by atoms with Crippen LogP contribution in [0.25, 0.3) is 20.8 Å². The molecule has 1 aliphatic heterocycles. The first-order chi connectivity index (χ1) is 22.9. The van der Waals surface area contributed by atoms with Crippen molar-refractivity contribution in [1.29, 1.82) is 0 Å². The molecule has 10 nitrogen and oxygen atoms in total. The summed E-state index contributed by atoms with van der Waals surface area (Å²) in [5, 5.41) is 12.8. The number of thiazole rings is 1. The highest BCUT2D eigenvalue weighted by atomic mass is 32.1. The molecule has 4 aromatic rings. The SMILES string of the molecule is CCO[C@H]1OC(C(=O)Nc2ccc(-c3nc4ccc(C)cc4s3)cc2)=C[C@@H](c2ccc(C(=O)OC)cc2)[C@H]1CCOCCOCCO. The average molecular weight is 661 g/mol. The van der Waals surface area contributed by atoms with Gasteiger partial charge in [-0.1, -0.05) is 18.2 Å². The van der Waals surface area contributed by atoms with Crippen LogP contribution in [0.5, 0.6) is 0 Å². The second-order valence-corrected chi connectivity index (χ2v) is 12.1. The monoisotopic (exact) mass is 660 g/mol. The van der Waals surface area contributed by atoms with Crippen LogP contribution in [0.4, 0.5) is 5.69 Å². The van der Waals surface area contributed by atoms with Crippen molar-refractivity contribution in [3.63, 3.8) is 0 Å². The predicted molar refractivity (Wildman–Crippen MR) is 180 cm³/mol. The lowest BCUT2D eigenvalue weighted by molar-refractivity contribution is -0.166.